The molecule has 1 atom stereocenters. The average molecular weight is 581 g/mol. The van der Waals surface area contributed by atoms with Gasteiger partial charge in [0.25, 0.3) is 0 Å². The highest BCUT2D eigenvalue weighted by Crippen LogP contribution is 2.36. The van der Waals surface area contributed by atoms with Crippen LogP contribution in [0.1, 0.15) is 51.2 Å². The van der Waals surface area contributed by atoms with Crippen molar-refractivity contribution in [2.24, 2.45) is 11.1 Å². The van der Waals surface area contributed by atoms with Crippen LogP contribution in [0.2, 0.25) is 0 Å². The van der Waals surface area contributed by atoms with E-state index < -0.39 is 11.5 Å². The summed E-state index contributed by atoms with van der Waals surface area (Å²) in [6.45, 7) is 11.5. The van der Waals surface area contributed by atoms with Crippen molar-refractivity contribution in [3.05, 3.63) is 108 Å². The van der Waals surface area contributed by atoms with Crippen LogP contribution < -0.4 is 11.1 Å². The number of likely N-dealkylation sites (tertiary alicyclic amines) is 1. The van der Waals surface area contributed by atoms with Gasteiger partial charge >= 0.3 is 0 Å². The van der Waals surface area contributed by atoms with Crippen molar-refractivity contribution in [1.82, 2.24) is 15.1 Å². The van der Waals surface area contributed by atoms with E-state index in [9.17, 15) is 9.59 Å². The van der Waals surface area contributed by atoms with Crippen molar-refractivity contribution in [3.63, 3.8) is 0 Å². The Bertz CT molecular complexity index is 1460. The van der Waals surface area contributed by atoms with Crippen molar-refractivity contribution in [2.45, 2.75) is 64.5 Å². The number of piperidine rings is 1. The number of carbonyl (C=O) groups is 2. The van der Waals surface area contributed by atoms with Crippen LogP contribution in [-0.2, 0) is 22.4 Å². The first kappa shape index (κ1) is 32.0. The molecule has 3 aromatic rings. The summed E-state index contributed by atoms with van der Waals surface area (Å²) in [5.74, 6) is 0.109. The Morgan fingerprint density at radius 3 is 2.28 bits per heavy atom. The Balaban J connectivity index is 1.58. The third kappa shape index (κ3) is 8.14. The fourth-order valence-electron chi connectivity index (χ4n) is 6.44. The first-order valence-electron chi connectivity index (χ1n) is 15.3. The number of allylic oxidation sites excluding steroid dienone is 1. The van der Waals surface area contributed by atoms with Gasteiger partial charge in [-0.15, -0.1) is 0 Å². The molecule has 1 aliphatic heterocycles. The molecule has 0 spiro atoms. The molecule has 3 aromatic carbocycles. The molecule has 1 aliphatic rings. The molecule has 0 aliphatic carbocycles. The molecule has 228 valence electrons. The van der Waals surface area contributed by atoms with Crippen molar-refractivity contribution >= 4 is 22.6 Å². The van der Waals surface area contributed by atoms with Gasteiger partial charge < -0.3 is 20.9 Å². The summed E-state index contributed by atoms with van der Waals surface area (Å²) in [6.07, 6.45) is 5.22. The van der Waals surface area contributed by atoms with Gasteiger partial charge in [-0.3, -0.25) is 9.59 Å². The number of rotatable bonds is 11. The molecule has 1 fully saturated rings. The van der Waals surface area contributed by atoms with Gasteiger partial charge in [0.1, 0.15) is 6.04 Å². The number of nitrogens with two attached hydrogens (primary N) is 1. The summed E-state index contributed by atoms with van der Waals surface area (Å²) >= 11 is 0. The van der Waals surface area contributed by atoms with Gasteiger partial charge in [0.05, 0.1) is 5.41 Å². The average Bonchev–Trinajstić information content (AvgIpc) is 2.98. The maximum Gasteiger partial charge on any atom is 0.245 e. The molecule has 6 heteroatoms. The molecule has 0 bridgehead atoms. The Morgan fingerprint density at radius 2 is 1.65 bits per heavy atom. The van der Waals surface area contributed by atoms with Crippen LogP contribution in [0.15, 0.2) is 96.7 Å². The van der Waals surface area contributed by atoms with E-state index in [2.05, 4.69) is 61.3 Å². The van der Waals surface area contributed by atoms with E-state index in [0.717, 1.165) is 34.2 Å². The molecule has 4 rings (SSSR count). The van der Waals surface area contributed by atoms with Crippen LogP contribution >= 0.6 is 0 Å². The number of hydrogen-bond donors (Lipinski definition) is 2. The Kier molecular flexibility index (Phi) is 10.1. The van der Waals surface area contributed by atoms with E-state index in [1.54, 1.807) is 7.05 Å². The summed E-state index contributed by atoms with van der Waals surface area (Å²) in [5, 5.41) is 5.23. The van der Waals surface area contributed by atoms with E-state index in [4.69, 9.17) is 5.73 Å². The Hall–Kier alpha value is -3.90. The van der Waals surface area contributed by atoms with E-state index in [0.29, 0.717) is 38.8 Å². The maximum absolute atomic E-state index is 14.3. The molecule has 0 aromatic heterocycles. The van der Waals surface area contributed by atoms with Gasteiger partial charge in [0.2, 0.25) is 11.8 Å². The van der Waals surface area contributed by atoms with E-state index in [1.165, 1.54) is 5.39 Å². The monoisotopic (exact) mass is 580 g/mol. The Labute approximate surface area is 257 Å². The van der Waals surface area contributed by atoms with Gasteiger partial charge in [-0.25, -0.2) is 0 Å². The van der Waals surface area contributed by atoms with E-state index in [-0.39, 0.29) is 17.4 Å². The number of benzene rings is 3. The zero-order valence-electron chi connectivity index (χ0n) is 26.5. The van der Waals surface area contributed by atoms with Crippen molar-refractivity contribution in [1.29, 1.82) is 0 Å². The van der Waals surface area contributed by atoms with E-state index in [1.807, 2.05) is 67.1 Å². The second-order valence-corrected chi connectivity index (χ2v) is 13.0. The molecule has 1 heterocycles. The van der Waals surface area contributed by atoms with Gasteiger partial charge in [0, 0.05) is 44.8 Å². The predicted molar refractivity (Wildman–Crippen MR) is 177 cm³/mol. The maximum atomic E-state index is 14.3. The topological polar surface area (TPSA) is 78.7 Å². The summed E-state index contributed by atoms with van der Waals surface area (Å²) < 4.78 is 0. The lowest BCUT2D eigenvalue weighted by Crippen LogP contribution is -2.54. The zero-order chi connectivity index (χ0) is 31.2. The second-order valence-electron chi connectivity index (χ2n) is 13.0. The third-order valence-corrected chi connectivity index (χ3v) is 8.72. The van der Waals surface area contributed by atoms with Gasteiger partial charge in [-0.05, 0) is 74.4 Å². The number of fused-ring (bicyclic) bond motifs is 1. The molecule has 43 heavy (non-hydrogen) atoms. The summed E-state index contributed by atoms with van der Waals surface area (Å²) in [6, 6.07) is 24.4. The Morgan fingerprint density at radius 1 is 1.02 bits per heavy atom. The molecule has 2 amide bonds. The molecule has 1 saturated heterocycles. The number of hydrogen-bond acceptors (Lipinski definition) is 4. The van der Waals surface area contributed by atoms with Crippen LogP contribution in [0.25, 0.3) is 10.8 Å². The third-order valence-electron chi connectivity index (χ3n) is 8.72. The molecule has 6 nitrogen and oxygen atoms in total. The quantitative estimate of drug-likeness (QED) is 0.278. The van der Waals surface area contributed by atoms with Gasteiger partial charge in [-0.2, -0.15) is 0 Å². The second kappa shape index (κ2) is 13.6. The summed E-state index contributed by atoms with van der Waals surface area (Å²) in [4.78, 5) is 31.5. The van der Waals surface area contributed by atoms with Crippen molar-refractivity contribution < 1.29 is 9.59 Å². The van der Waals surface area contributed by atoms with Crippen molar-refractivity contribution in [3.8, 4) is 0 Å². The zero-order valence-corrected chi connectivity index (χ0v) is 26.5. The summed E-state index contributed by atoms with van der Waals surface area (Å²) in [5.41, 5.74) is 9.54. The van der Waals surface area contributed by atoms with Crippen molar-refractivity contribution in [2.75, 3.05) is 27.2 Å². The molecule has 3 N–H and O–H groups in total. The number of likely N-dealkylation sites (N-methyl/N-ethyl adjacent to an activating group) is 1. The molecular weight excluding hydrogens is 532 g/mol. The highest BCUT2D eigenvalue weighted by molar-refractivity contribution is 5.86. The lowest BCUT2D eigenvalue weighted by atomic mass is 9.73. The van der Waals surface area contributed by atoms with E-state index >= 15 is 0 Å². The fourth-order valence-corrected chi connectivity index (χ4v) is 6.44. The van der Waals surface area contributed by atoms with Crippen LogP contribution in [0.5, 0.6) is 0 Å². The fraction of sp³-hybridized carbons (Fsp3) is 0.405. The van der Waals surface area contributed by atoms with Gasteiger partial charge in [0.15, 0.2) is 0 Å². The normalized spacial score (nSPS) is 16.0. The van der Waals surface area contributed by atoms with Gasteiger partial charge in [-0.1, -0.05) is 84.9 Å². The van der Waals surface area contributed by atoms with Crippen LogP contribution in [-0.4, -0.2) is 60.4 Å². The molecule has 0 saturated carbocycles. The van der Waals surface area contributed by atoms with Crippen LogP contribution in [0, 0.1) is 5.41 Å². The first-order chi connectivity index (χ1) is 20.4. The largest absolute Gasteiger partial charge is 0.363 e. The number of nitrogens with zero attached hydrogens (tertiary/aromatic N) is 2. The molecular formula is C37H48N4O2. The van der Waals surface area contributed by atoms with Crippen LogP contribution in [0.4, 0.5) is 0 Å². The highest BCUT2D eigenvalue weighted by Gasteiger charge is 2.43. The SMILES string of the molecule is C=C(/C=C(\C)CC(C)(C)N)N(C)[C@H](Cc1ccc2ccccc2c1)C(=O)N1CCC(Cc2ccccc2)(C(=O)NC)CC1. The number of nitrogens with one attached hydrogen (secondary N) is 1. The number of carbonyl (C=O) groups excluding carboxylic acids is 2. The molecule has 0 unspecified atom stereocenters. The molecule has 0 radical (unpaired) electrons. The number of amides is 2. The summed E-state index contributed by atoms with van der Waals surface area (Å²) in [7, 11) is 3.66. The standard InChI is InChI=1S/C37H48N4O2/c1-27(25-36(3,4)38)22-28(2)40(6)33(24-30-16-17-31-14-10-11-15-32(31)23-30)34(42)41-20-18-37(19-21-41,35(43)39-5)26-29-12-8-7-9-13-29/h7-17,22-23,33H,2,18-21,24-26,38H2,1,3-6H3,(H,39,43)/b27-22+/t33-/m1/s1. The minimum absolute atomic E-state index is 0.0464. The highest BCUT2D eigenvalue weighted by atomic mass is 16.2. The predicted octanol–water partition coefficient (Wildman–Crippen LogP) is 5.87. The smallest absolute Gasteiger partial charge is 0.245 e. The first-order valence-corrected chi connectivity index (χ1v) is 15.3. The minimum Gasteiger partial charge on any atom is -0.363 e. The lowest BCUT2D eigenvalue weighted by molar-refractivity contribution is -0.143. The van der Waals surface area contributed by atoms with Crippen LogP contribution in [0.3, 0.4) is 0 Å². The minimum atomic E-state index is -0.537. The lowest BCUT2D eigenvalue weighted by Gasteiger charge is -2.42.